The Labute approximate surface area is 130 Å². The largest absolute Gasteiger partial charge is 0.493 e. The van der Waals surface area contributed by atoms with Gasteiger partial charge >= 0.3 is 0 Å². The summed E-state index contributed by atoms with van der Waals surface area (Å²) in [4.78, 5) is 0. The van der Waals surface area contributed by atoms with Crippen LogP contribution in [0.25, 0.3) is 0 Å². The average Bonchev–Trinajstić information content (AvgIpc) is 2.97. The van der Waals surface area contributed by atoms with Gasteiger partial charge in [-0.2, -0.15) is 0 Å². The summed E-state index contributed by atoms with van der Waals surface area (Å²) in [6.45, 7) is 0.842. The molecule has 0 radical (unpaired) electrons. The van der Waals surface area contributed by atoms with Gasteiger partial charge in [-0.25, -0.2) is 0 Å². The monoisotopic (exact) mass is 298 g/mol. The standard InChI is InChI=1S/C19H19ClO/c20-19(17-10-13-4-1-2-5-14(13)11-17)16-7-8-18-15(12-16)6-3-9-21-18/h1-2,4-5,7-8,12,17,19H,3,6,9-11H2. The smallest absolute Gasteiger partial charge is 0.122 e. The molecule has 1 heterocycles. The van der Waals surface area contributed by atoms with Crippen molar-refractivity contribution in [3.63, 3.8) is 0 Å². The quantitative estimate of drug-likeness (QED) is 0.730. The van der Waals surface area contributed by atoms with Crippen LogP contribution in [-0.2, 0) is 19.3 Å². The van der Waals surface area contributed by atoms with E-state index in [9.17, 15) is 0 Å². The number of benzene rings is 2. The van der Waals surface area contributed by atoms with Crippen LogP contribution in [0.2, 0.25) is 0 Å². The minimum Gasteiger partial charge on any atom is -0.493 e. The first-order chi connectivity index (χ1) is 10.3. The van der Waals surface area contributed by atoms with E-state index < -0.39 is 0 Å². The van der Waals surface area contributed by atoms with Gasteiger partial charge in [0, 0.05) is 0 Å². The first-order valence-electron chi connectivity index (χ1n) is 7.78. The van der Waals surface area contributed by atoms with Crippen LogP contribution in [0.15, 0.2) is 42.5 Å². The highest BCUT2D eigenvalue weighted by molar-refractivity contribution is 6.21. The van der Waals surface area contributed by atoms with Gasteiger partial charge in [0.25, 0.3) is 0 Å². The Kier molecular flexibility index (Phi) is 3.39. The van der Waals surface area contributed by atoms with Crippen LogP contribution in [0, 0.1) is 5.92 Å². The van der Waals surface area contributed by atoms with Crippen molar-refractivity contribution in [2.24, 2.45) is 5.92 Å². The van der Waals surface area contributed by atoms with Gasteiger partial charge in [-0.05, 0) is 59.9 Å². The fourth-order valence-corrected chi connectivity index (χ4v) is 3.94. The zero-order valence-corrected chi connectivity index (χ0v) is 12.8. The SMILES string of the molecule is ClC(c1ccc2c(c1)CCCO2)C1Cc2ccccc2C1. The molecule has 1 nitrogen and oxygen atoms in total. The number of alkyl halides is 1. The summed E-state index contributed by atoms with van der Waals surface area (Å²) in [6.07, 6.45) is 4.41. The molecular formula is C19H19ClO. The summed E-state index contributed by atoms with van der Waals surface area (Å²) in [5.41, 5.74) is 5.50. The summed E-state index contributed by atoms with van der Waals surface area (Å²) < 4.78 is 5.69. The van der Waals surface area contributed by atoms with Gasteiger partial charge in [0.1, 0.15) is 5.75 Å². The molecule has 4 rings (SSSR count). The summed E-state index contributed by atoms with van der Waals surface area (Å²) in [7, 11) is 0. The molecule has 0 saturated heterocycles. The van der Waals surface area contributed by atoms with Gasteiger partial charge in [-0.3, -0.25) is 0 Å². The Bertz CT molecular complexity index is 639. The van der Waals surface area contributed by atoms with E-state index in [1.165, 1.54) is 22.3 Å². The normalized spacial score (nSPS) is 18.7. The number of rotatable bonds is 2. The summed E-state index contributed by atoms with van der Waals surface area (Å²) in [6, 6.07) is 15.2. The highest BCUT2D eigenvalue weighted by Gasteiger charge is 2.28. The average molecular weight is 299 g/mol. The molecule has 1 aliphatic carbocycles. The van der Waals surface area contributed by atoms with E-state index in [1.54, 1.807) is 0 Å². The van der Waals surface area contributed by atoms with Crippen LogP contribution in [0.3, 0.4) is 0 Å². The number of ether oxygens (including phenoxy) is 1. The highest BCUT2D eigenvalue weighted by atomic mass is 35.5. The Morgan fingerprint density at radius 1 is 1.00 bits per heavy atom. The molecule has 0 amide bonds. The number of hydrogen-bond donors (Lipinski definition) is 0. The lowest BCUT2D eigenvalue weighted by atomic mass is 9.93. The van der Waals surface area contributed by atoms with E-state index >= 15 is 0 Å². The minimum absolute atomic E-state index is 0.0876. The molecule has 0 bridgehead atoms. The van der Waals surface area contributed by atoms with Crippen LogP contribution < -0.4 is 4.74 Å². The number of hydrogen-bond acceptors (Lipinski definition) is 1. The molecule has 0 spiro atoms. The molecule has 2 aromatic rings. The Morgan fingerprint density at radius 2 is 1.76 bits per heavy atom. The van der Waals surface area contributed by atoms with Crippen molar-refractivity contribution in [2.75, 3.05) is 6.61 Å². The molecule has 2 aliphatic rings. The molecule has 2 aromatic carbocycles. The molecule has 1 unspecified atom stereocenters. The van der Waals surface area contributed by atoms with Crippen molar-refractivity contribution < 1.29 is 4.74 Å². The lowest BCUT2D eigenvalue weighted by Crippen LogP contribution is -2.11. The van der Waals surface area contributed by atoms with Crippen LogP contribution in [0.5, 0.6) is 5.75 Å². The van der Waals surface area contributed by atoms with E-state index in [4.69, 9.17) is 16.3 Å². The van der Waals surface area contributed by atoms with Crippen molar-refractivity contribution in [1.29, 1.82) is 0 Å². The first kappa shape index (κ1) is 13.2. The first-order valence-corrected chi connectivity index (χ1v) is 8.21. The lowest BCUT2D eigenvalue weighted by molar-refractivity contribution is 0.288. The summed E-state index contributed by atoms with van der Waals surface area (Å²) in [5, 5.41) is 0.0876. The molecule has 0 fully saturated rings. The minimum atomic E-state index is 0.0876. The second kappa shape index (κ2) is 5.38. The van der Waals surface area contributed by atoms with Crippen molar-refractivity contribution in [3.05, 3.63) is 64.7 Å². The van der Waals surface area contributed by atoms with Crippen molar-refractivity contribution in [2.45, 2.75) is 31.1 Å². The van der Waals surface area contributed by atoms with Gasteiger partial charge in [0.15, 0.2) is 0 Å². The Hall–Kier alpha value is -1.47. The third-order valence-corrected chi connectivity index (χ3v) is 5.36. The Morgan fingerprint density at radius 3 is 2.52 bits per heavy atom. The van der Waals surface area contributed by atoms with E-state index in [2.05, 4.69) is 42.5 Å². The third-order valence-electron chi connectivity index (χ3n) is 4.75. The number of halogens is 1. The molecule has 2 heteroatoms. The molecule has 0 saturated carbocycles. The second-order valence-electron chi connectivity index (χ2n) is 6.16. The maximum Gasteiger partial charge on any atom is 0.122 e. The number of aryl methyl sites for hydroxylation is 1. The molecule has 0 N–H and O–H groups in total. The fourth-order valence-electron chi connectivity index (χ4n) is 3.62. The van der Waals surface area contributed by atoms with Crippen LogP contribution >= 0.6 is 11.6 Å². The van der Waals surface area contributed by atoms with Crippen molar-refractivity contribution >= 4 is 11.6 Å². The van der Waals surface area contributed by atoms with Crippen LogP contribution in [0.4, 0.5) is 0 Å². The van der Waals surface area contributed by atoms with Gasteiger partial charge in [-0.15, -0.1) is 11.6 Å². The maximum atomic E-state index is 6.80. The predicted octanol–water partition coefficient (Wildman–Crippen LogP) is 4.71. The summed E-state index contributed by atoms with van der Waals surface area (Å²) >= 11 is 6.80. The Balaban J connectivity index is 1.57. The lowest BCUT2D eigenvalue weighted by Gasteiger charge is -2.21. The van der Waals surface area contributed by atoms with Crippen molar-refractivity contribution in [1.82, 2.24) is 0 Å². The fraction of sp³-hybridized carbons (Fsp3) is 0.368. The zero-order valence-electron chi connectivity index (χ0n) is 12.0. The molecule has 1 aliphatic heterocycles. The van der Waals surface area contributed by atoms with Gasteiger partial charge in [-0.1, -0.05) is 36.4 Å². The van der Waals surface area contributed by atoms with E-state index in [0.29, 0.717) is 5.92 Å². The maximum absolute atomic E-state index is 6.80. The third kappa shape index (κ3) is 2.44. The van der Waals surface area contributed by atoms with Gasteiger partial charge in [0.05, 0.1) is 12.0 Å². The molecule has 108 valence electrons. The second-order valence-corrected chi connectivity index (χ2v) is 6.63. The van der Waals surface area contributed by atoms with E-state index in [0.717, 1.165) is 38.0 Å². The molecule has 1 atom stereocenters. The zero-order chi connectivity index (χ0) is 14.2. The van der Waals surface area contributed by atoms with Gasteiger partial charge in [0.2, 0.25) is 0 Å². The topological polar surface area (TPSA) is 9.23 Å². The van der Waals surface area contributed by atoms with Crippen LogP contribution in [-0.4, -0.2) is 6.61 Å². The van der Waals surface area contributed by atoms with Crippen LogP contribution in [0.1, 0.15) is 34.1 Å². The summed E-state index contributed by atoms with van der Waals surface area (Å²) in [5.74, 6) is 1.55. The predicted molar refractivity (Wildman–Crippen MR) is 86.2 cm³/mol. The van der Waals surface area contributed by atoms with Gasteiger partial charge < -0.3 is 4.74 Å². The van der Waals surface area contributed by atoms with Crippen molar-refractivity contribution in [3.8, 4) is 5.75 Å². The molecular weight excluding hydrogens is 280 g/mol. The molecule has 21 heavy (non-hydrogen) atoms. The van der Waals surface area contributed by atoms with E-state index in [-0.39, 0.29) is 5.38 Å². The number of fused-ring (bicyclic) bond motifs is 2. The van der Waals surface area contributed by atoms with E-state index in [1.807, 2.05) is 0 Å². The molecule has 0 aromatic heterocycles. The highest BCUT2D eigenvalue weighted by Crippen LogP contribution is 2.40.